The van der Waals surface area contributed by atoms with Crippen LogP contribution in [0.1, 0.15) is 30.4 Å². The van der Waals surface area contributed by atoms with Crippen LogP contribution in [-0.4, -0.2) is 65.9 Å². The van der Waals surface area contributed by atoms with Gasteiger partial charge in [-0.05, 0) is 76.5 Å². The van der Waals surface area contributed by atoms with Crippen molar-refractivity contribution < 1.29 is 9.90 Å². The van der Waals surface area contributed by atoms with Gasteiger partial charge in [-0.25, -0.2) is 0 Å². The van der Waals surface area contributed by atoms with E-state index in [9.17, 15) is 4.79 Å². The second kappa shape index (κ2) is 11.1. The quantitative estimate of drug-likeness (QED) is 0.724. The SMILES string of the molecule is Cc1ccc(SCCN2CCCC(N(C)CC(=O)O)CC2)cc1C.Cl. The van der Waals surface area contributed by atoms with E-state index in [1.54, 1.807) is 0 Å². The Kier molecular flexibility index (Phi) is 9.87. The molecule has 0 amide bonds. The number of hydrogen-bond acceptors (Lipinski definition) is 4. The largest absolute Gasteiger partial charge is 0.480 e. The smallest absolute Gasteiger partial charge is 0.317 e. The monoisotopic (exact) mass is 386 g/mol. The van der Waals surface area contributed by atoms with Crippen LogP contribution in [0.3, 0.4) is 0 Å². The molecule has 1 aliphatic rings. The summed E-state index contributed by atoms with van der Waals surface area (Å²) in [6.45, 7) is 7.77. The van der Waals surface area contributed by atoms with Gasteiger partial charge in [0.2, 0.25) is 0 Å². The fraction of sp³-hybridized carbons (Fsp3) is 0.632. The number of aryl methyl sites for hydroxylation is 2. The van der Waals surface area contributed by atoms with Crippen LogP contribution >= 0.6 is 24.2 Å². The van der Waals surface area contributed by atoms with Crippen LogP contribution in [0.15, 0.2) is 23.1 Å². The van der Waals surface area contributed by atoms with Gasteiger partial charge in [0.15, 0.2) is 0 Å². The van der Waals surface area contributed by atoms with Crippen molar-refractivity contribution in [1.29, 1.82) is 0 Å². The van der Waals surface area contributed by atoms with Gasteiger partial charge >= 0.3 is 5.97 Å². The summed E-state index contributed by atoms with van der Waals surface area (Å²) in [6, 6.07) is 7.09. The minimum Gasteiger partial charge on any atom is -0.480 e. The lowest BCUT2D eigenvalue weighted by atomic mass is 10.1. The molecule has 1 aromatic carbocycles. The fourth-order valence-electron chi connectivity index (χ4n) is 3.24. The Balaban J connectivity index is 0.00000312. The zero-order chi connectivity index (χ0) is 17.5. The number of thioether (sulfide) groups is 1. The lowest BCUT2D eigenvalue weighted by Gasteiger charge is -2.25. The van der Waals surface area contributed by atoms with Crippen LogP contribution in [0.5, 0.6) is 0 Å². The van der Waals surface area contributed by atoms with Crippen LogP contribution in [0.4, 0.5) is 0 Å². The summed E-state index contributed by atoms with van der Waals surface area (Å²) < 4.78 is 0. The second-order valence-electron chi connectivity index (χ2n) is 6.83. The van der Waals surface area contributed by atoms with Gasteiger partial charge in [-0.1, -0.05) is 6.07 Å². The summed E-state index contributed by atoms with van der Waals surface area (Å²) in [6.07, 6.45) is 3.32. The van der Waals surface area contributed by atoms with E-state index in [0.717, 1.165) is 44.6 Å². The first-order chi connectivity index (χ1) is 11.5. The van der Waals surface area contributed by atoms with Gasteiger partial charge in [0.25, 0.3) is 0 Å². The molecule has 25 heavy (non-hydrogen) atoms. The van der Waals surface area contributed by atoms with Gasteiger partial charge in [-0.3, -0.25) is 9.69 Å². The van der Waals surface area contributed by atoms with Crippen LogP contribution < -0.4 is 0 Å². The summed E-state index contributed by atoms with van der Waals surface area (Å²) in [4.78, 5) is 16.7. The fourth-order valence-corrected chi connectivity index (χ4v) is 4.25. The van der Waals surface area contributed by atoms with Gasteiger partial charge in [0.1, 0.15) is 0 Å². The van der Waals surface area contributed by atoms with Crippen molar-refractivity contribution >= 4 is 30.1 Å². The molecule has 1 aromatic rings. The third-order valence-corrected chi connectivity index (χ3v) is 5.93. The summed E-state index contributed by atoms with van der Waals surface area (Å²) >= 11 is 1.93. The van der Waals surface area contributed by atoms with E-state index < -0.39 is 5.97 Å². The van der Waals surface area contributed by atoms with Gasteiger partial charge < -0.3 is 10.0 Å². The number of likely N-dealkylation sites (N-methyl/N-ethyl adjacent to an activating group) is 1. The molecule has 1 unspecified atom stereocenters. The number of hydrogen-bond donors (Lipinski definition) is 1. The molecule has 0 aliphatic carbocycles. The van der Waals surface area contributed by atoms with E-state index in [4.69, 9.17) is 5.11 Å². The topological polar surface area (TPSA) is 43.8 Å². The van der Waals surface area contributed by atoms with E-state index >= 15 is 0 Å². The molecule has 6 heteroatoms. The number of likely N-dealkylation sites (tertiary alicyclic amines) is 1. The molecule has 0 saturated carbocycles. The molecule has 0 spiro atoms. The van der Waals surface area contributed by atoms with Crippen LogP contribution in [0.2, 0.25) is 0 Å². The van der Waals surface area contributed by atoms with E-state index in [1.165, 1.54) is 16.0 Å². The standard InChI is InChI=1S/C19H30N2O2S.ClH/c1-15-6-7-18(13-16(15)2)24-12-11-21-9-4-5-17(8-10-21)20(3)14-19(22)23;/h6-7,13,17H,4-5,8-12,14H2,1-3H3,(H,22,23);1H. The Morgan fingerprint density at radius 2 is 2.04 bits per heavy atom. The van der Waals surface area contributed by atoms with Crippen LogP contribution in [-0.2, 0) is 4.79 Å². The Hall–Kier alpha value is -0.750. The minimum atomic E-state index is -0.733. The number of rotatable bonds is 7. The number of carbonyl (C=O) groups is 1. The van der Waals surface area contributed by atoms with Crippen LogP contribution in [0, 0.1) is 13.8 Å². The van der Waals surface area contributed by atoms with Crippen molar-refractivity contribution in [1.82, 2.24) is 9.80 Å². The molecule has 1 fully saturated rings. The Morgan fingerprint density at radius 1 is 1.28 bits per heavy atom. The zero-order valence-corrected chi connectivity index (χ0v) is 17.2. The van der Waals surface area contributed by atoms with Crippen LogP contribution in [0.25, 0.3) is 0 Å². The molecule has 0 radical (unpaired) electrons. The molecule has 0 bridgehead atoms. The maximum atomic E-state index is 10.9. The molecular weight excluding hydrogens is 356 g/mol. The average Bonchev–Trinajstić information content (AvgIpc) is 2.76. The van der Waals surface area contributed by atoms with Crippen molar-refractivity contribution in [3.63, 3.8) is 0 Å². The molecule has 1 N–H and O–H groups in total. The average molecular weight is 387 g/mol. The molecule has 142 valence electrons. The molecule has 0 aromatic heterocycles. The summed E-state index contributed by atoms with van der Waals surface area (Å²) in [5.74, 6) is 0.376. The second-order valence-corrected chi connectivity index (χ2v) is 8.00. The first kappa shape index (κ1) is 22.3. The van der Waals surface area contributed by atoms with Crippen molar-refractivity contribution in [2.24, 2.45) is 0 Å². The third kappa shape index (κ3) is 7.57. The maximum absolute atomic E-state index is 10.9. The Morgan fingerprint density at radius 3 is 2.72 bits per heavy atom. The highest BCUT2D eigenvalue weighted by molar-refractivity contribution is 7.99. The number of benzene rings is 1. The highest BCUT2D eigenvalue weighted by Crippen LogP contribution is 2.22. The van der Waals surface area contributed by atoms with Gasteiger partial charge in [-0.15, -0.1) is 24.2 Å². The highest BCUT2D eigenvalue weighted by Gasteiger charge is 2.21. The molecule has 4 nitrogen and oxygen atoms in total. The molecule has 1 saturated heterocycles. The Labute approximate surface area is 162 Å². The molecule has 1 aliphatic heterocycles. The van der Waals surface area contributed by atoms with E-state index in [-0.39, 0.29) is 19.0 Å². The summed E-state index contributed by atoms with van der Waals surface area (Å²) in [5.41, 5.74) is 2.71. The normalized spacial score (nSPS) is 18.6. The maximum Gasteiger partial charge on any atom is 0.317 e. The third-order valence-electron chi connectivity index (χ3n) is 4.95. The molecule has 2 rings (SSSR count). The predicted octanol–water partition coefficient (Wildman–Crippen LogP) is 3.69. The van der Waals surface area contributed by atoms with Gasteiger partial charge in [0.05, 0.1) is 6.54 Å². The van der Waals surface area contributed by atoms with Crippen molar-refractivity contribution in [2.45, 2.75) is 44.0 Å². The number of halogens is 1. The number of carboxylic acids is 1. The first-order valence-corrected chi connectivity index (χ1v) is 9.78. The van der Waals surface area contributed by atoms with E-state index in [1.807, 2.05) is 23.7 Å². The summed E-state index contributed by atoms with van der Waals surface area (Å²) in [7, 11) is 1.93. The lowest BCUT2D eigenvalue weighted by Crippen LogP contribution is -2.36. The molecule has 1 heterocycles. The molecular formula is C19H31ClN2O2S. The zero-order valence-electron chi connectivity index (χ0n) is 15.5. The minimum absolute atomic E-state index is 0. The van der Waals surface area contributed by atoms with Crippen molar-refractivity contribution in [3.05, 3.63) is 29.3 Å². The van der Waals surface area contributed by atoms with Gasteiger partial charge in [-0.2, -0.15) is 0 Å². The highest BCUT2D eigenvalue weighted by atomic mass is 35.5. The van der Waals surface area contributed by atoms with Crippen molar-refractivity contribution in [3.8, 4) is 0 Å². The number of nitrogens with zero attached hydrogens (tertiary/aromatic N) is 2. The Bertz CT molecular complexity index is 556. The van der Waals surface area contributed by atoms with E-state index in [2.05, 4.69) is 36.9 Å². The lowest BCUT2D eigenvalue weighted by molar-refractivity contribution is -0.138. The summed E-state index contributed by atoms with van der Waals surface area (Å²) in [5, 5.41) is 8.94. The van der Waals surface area contributed by atoms with E-state index in [0.29, 0.717) is 6.04 Å². The number of aliphatic carboxylic acids is 1. The van der Waals surface area contributed by atoms with Gasteiger partial charge in [0, 0.05) is 23.2 Å². The van der Waals surface area contributed by atoms with Crippen molar-refractivity contribution in [2.75, 3.05) is 39.0 Å². The molecule has 1 atom stereocenters. The first-order valence-electron chi connectivity index (χ1n) is 8.80. The number of carboxylic acid groups (broad SMARTS) is 1. The predicted molar refractivity (Wildman–Crippen MR) is 108 cm³/mol.